The predicted octanol–water partition coefficient (Wildman–Crippen LogP) is 4.65. The maximum absolute atomic E-state index is 13.4. The molecule has 0 unspecified atom stereocenters. The molecule has 2 N–H and O–H groups in total. The van der Waals surface area contributed by atoms with E-state index in [1.165, 1.54) is 20.7 Å². The normalized spacial score (nSPS) is 11.1. The smallest absolute Gasteiger partial charge is 0.870 e. The molecule has 55 heavy (non-hydrogen) atoms. The van der Waals surface area contributed by atoms with Crippen molar-refractivity contribution in [3.05, 3.63) is 175 Å². The molecule has 0 aliphatic carbocycles. The average Bonchev–Trinajstić information content (AvgIpc) is 3.99. The van der Waals surface area contributed by atoms with Crippen LogP contribution in [0.4, 0.5) is 0 Å². The van der Waals surface area contributed by atoms with Crippen molar-refractivity contribution in [1.82, 2.24) is 38.5 Å². The number of aromatic nitrogens is 8. The van der Waals surface area contributed by atoms with Crippen molar-refractivity contribution in [2.24, 2.45) is 14.1 Å². The van der Waals surface area contributed by atoms with Gasteiger partial charge in [-0.05, 0) is 59.4 Å². The molecule has 0 saturated heterocycles. The number of nitrogens with zero attached hydrogens (tertiary/aromatic N) is 7. The first-order valence-electron chi connectivity index (χ1n) is 17.1. The van der Waals surface area contributed by atoms with Crippen molar-refractivity contribution in [1.29, 1.82) is 0 Å². The monoisotopic (exact) mass is 756 g/mol. The third-order valence-corrected chi connectivity index (χ3v) is 10.8. The second-order valence-corrected chi connectivity index (χ2v) is 14.8. The molecule has 9 aromatic rings. The van der Waals surface area contributed by atoms with Gasteiger partial charge in [0.2, 0.25) is 0 Å². The van der Waals surface area contributed by atoms with Gasteiger partial charge in [-0.3, -0.25) is 9.36 Å². The first-order valence-corrected chi connectivity index (χ1v) is 18.6. The summed E-state index contributed by atoms with van der Waals surface area (Å²) in [5, 5.41) is 10.4. The van der Waals surface area contributed by atoms with E-state index < -0.39 is 10.0 Å². The van der Waals surface area contributed by atoms with Crippen LogP contribution < -0.4 is 29.6 Å². The van der Waals surface area contributed by atoms with E-state index >= 15 is 0 Å². The van der Waals surface area contributed by atoms with Crippen LogP contribution in [0, 0.1) is 0 Å². The van der Waals surface area contributed by atoms with Crippen molar-refractivity contribution >= 4 is 32.1 Å². The van der Waals surface area contributed by atoms with Crippen molar-refractivity contribution in [3.8, 4) is 22.3 Å². The van der Waals surface area contributed by atoms with Gasteiger partial charge in [-0.2, -0.15) is 10.2 Å². The summed E-state index contributed by atoms with van der Waals surface area (Å²) < 4.78 is 31.5. The van der Waals surface area contributed by atoms with Gasteiger partial charge >= 0.3 is 29.6 Å². The molecular formula is C42H37N8NaO3S. The minimum absolute atomic E-state index is 0. The van der Waals surface area contributed by atoms with Gasteiger partial charge in [0.05, 0.1) is 17.3 Å². The Bertz CT molecular complexity index is 2780. The molecule has 0 aliphatic heterocycles. The van der Waals surface area contributed by atoms with Crippen LogP contribution in [0.1, 0.15) is 22.3 Å². The molecule has 3 aromatic carbocycles. The molecule has 13 heteroatoms. The Balaban J connectivity index is 0.000000190. The maximum Gasteiger partial charge on any atom is 1.00 e. The van der Waals surface area contributed by atoms with Gasteiger partial charge < -0.3 is 10.5 Å². The SMILES string of the molecule is Cn1cc(-c2c[nH]c3ncc(Cc4ccccc4)cc23)cn1.Cn1cc(-c2cn(S(=O)(=O)c3ccccc3)c3ncc(Cc4ccccc4)cc23)cn1.[Na+].[OH-]. The summed E-state index contributed by atoms with van der Waals surface area (Å²) >= 11 is 0. The zero-order valence-corrected chi connectivity index (χ0v) is 33.5. The van der Waals surface area contributed by atoms with Crippen molar-refractivity contribution < 1.29 is 43.5 Å². The summed E-state index contributed by atoms with van der Waals surface area (Å²) in [6.07, 6.45) is 16.5. The van der Waals surface area contributed by atoms with Crippen LogP contribution in [0.3, 0.4) is 0 Å². The van der Waals surface area contributed by atoms with Gasteiger partial charge in [0.15, 0.2) is 5.65 Å². The number of hydrogen-bond donors (Lipinski definition) is 1. The first kappa shape index (κ1) is 39.1. The third kappa shape index (κ3) is 8.39. The van der Waals surface area contributed by atoms with Crippen LogP contribution in [0.2, 0.25) is 0 Å². The molecule has 0 bridgehead atoms. The van der Waals surface area contributed by atoms with Gasteiger partial charge in [-0.1, -0.05) is 78.9 Å². The number of pyridine rings is 2. The molecule has 9 rings (SSSR count). The minimum Gasteiger partial charge on any atom is -0.870 e. The molecule has 0 aliphatic rings. The predicted molar refractivity (Wildman–Crippen MR) is 210 cm³/mol. The van der Waals surface area contributed by atoms with Crippen molar-refractivity contribution in [3.63, 3.8) is 0 Å². The number of aromatic amines is 1. The van der Waals surface area contributed by atoms with E-state index in [4.69, 9.17) is 0 Å². The Kier molecular flexibility index (Phi) is 11.9. The Labute approximate surface area is 341 Å². The summed E-state index contributed by atoms with van der Waals surface area (Å²) in [5.74, 6) is 0. The number of H-pyrrole nitrogens is 1. The van der Waals surface area contributed by atoms with Gasteiger partial charge in [0.1, 0.15) is 5.65 Å². The van der Waals surface area contributed by atoms with Gasteiger partial charge in [-0.25, -0.2) is 22.4 Å². The molecule has 0 atom stereocenters. The van der Waals surface area contributed by atoms with Crippen LogP contribution >= 0.6 is 0 Å². The molecule has 0 saturated carbocycles. The van der Waals surface area contributed by atoms with Gasteiger partial charge in [0, 0.05) is 84.3 Å². The van der Waals surface area contributed by atoms with E-state index in [1.807, 2.05) is 80.1 Å². The molecule has 0 spiro atoms. The van der Waals surface area contributed by atoms with Gasteiger partial charge in [0.25, 0.3) is 10.0 Å². The molecule has 6 aromatic heterocycles. The standard InChI is InChI=1S/C24H20N4O2S.C18H16N4.Na.H2O/c1-27-16-20(15-26-27)23-17-28(31(29,30)21-10-6-3-7-11-21)24-22(23)13-19(14-25-24)12-18-8-4-2-5-9-18;1-22-12-15(10-21-22)17-11-20-18-16(17)8-14(9-19-18)7-13-5-3-2-4-6-13;;/h2-11,13-17H,12H2,1H3;2-6,8-12H,7H2,1H3,(H,19,20);;1H2/q;;+1;/p-1. The molecule has 6 heterocycles. The van der Waals surface area contributed by atoms with E-state index in [-0.39, 0.29) is 39.9 Å². The molecular weight excluding hydrogens is 720 g/mol. The number of rotatable bonds is 8. The van der Waals surface area contributed by atoms with Crippen LogP contribution in [0.15, 0.2) is 158 Å². The summed E-state index contributed by atoms with van der Waals surface area (Å²) in [4.78, 5) is 12.6. The summed E-state index contributed by atoms with van der Waals surface area (Å²) in [5.41, 5.74) is 9.87. The fraction of sp³-hybridized carbons (Fsp3) is 0.0952. The van der Waals surface area contributed by atoms with Crippen molar-refractivity contribution in [2.45, 2.75) is 17.7 Å². The number of benzene rings is 3. The second kappa shape index (κ2) is 16.8. The molecule has 0 amide bonds. The molecule has 11 nitrogen and oxygen atoms in total. The van der Waals surface area contributed by atoms with E-state index in [0.717, 1.165) is 50.7 Å². The Morgan fingerprint density at radius 2 is 1.11 bits per heavy atom. The molecule has 0 radical (unpaired) electrons. The molecule has 0 fully saturated rings. The zero-order chi connectivity index (χ0) is 36.4. The van der Waals surface area contributed by atoms with Crippen LogP contribution in [-0.4, -0.2) is 52.4 Å². The van der Waals surface area contributed by atoms with E-state index in [2.05, 4.69) is 67.6 Å². The van der Waals surface area contributed by atoms with Crippen molar-refractivity contribution in [2.75, 3.05) is 0 Å². The second-order valence-electron chi connectivity index (χ2n) is 12.9. The molecule has 270 valence electrons. The van der Waals surface area contributed by atoms with Gasteiger partial charge in [-0.15, -0.1) is 0 Å². The van der Waals surface area contributed by atoms with E-state index in [9.17, 15) is 8.42 Å². The summed E-state index contributed by atoms with van der Waals surface area (Å²) in [7, 11) is -0.0269. The summed E-state index contributed by atoms with van der Waals surface area (Å²) in [6, 6.07) is 33.2. The number of hydrogen-bond acceptors (Lipinski definition) is 7. The minimum atomic E-state index is -3.79. The summed E-state index contributed by atoms with van der Waals surface area (Å²) in [6.45, 7) is 0. The van der Waals surface area contributed by atoms with Crippen LogP contribution in [0.25, 0.3) is 44.3 Å². The number of fused-ring (bicyclic) bond motifs is 2. The van der Waals surface area contributed by atoms with E-state index in [0.29, 0.717) is 12.1 Å². The number of aryl methyl sites for hydroxylation is 2. The number of nitrogens with one attached hydrogen (secondary N) is 1. The quantitative estimate of drug-likeness (QED) is 0.222. The largest absolute Gasteiger partial charge is 1.00 e. The maximum atomic E-state index is 13.4. The Morgan fingerprint density at radius 3 is 1.65 bits per heavy atom. The van der Waals surface area contributed by atoms with Crippen LogP contribution in [-0.2, 0) is 37.0 Å². The Morgan fingerprint density at radius 1 is 0.600 bits per heavy atom. The van der Waals surface area contributed by atoms with Crippen LogP contribution in [0.5, 0.6) is 0 Å². The third-order valence-electron chi connectivity index (χ3n) is 9.09. The fourth-order valence-electron chi connectivity index (χ4n) is 6.50. The fourth-order valence-corrected chi connectivity index (χ4v) is 7.85. The Hall–Kier alpha value is -5.63. The topological polar surface area (TPSA) is 146 Å². The first-order chi connectivity index (χ1) is 25.8. The average molecular weight is 757 g/mol. The zero-order valence-electron chi connectivity index (χ0n) is 30.7. The van der Waals surface area contributed by atoms with E-state index in [1.54, 1.807) is 53.6 Å².